The highest BCUT2D eigenvalue weighted by Gasteiger charge is 2.14. The zero-order chi connectivity index (χ0) is 20.6. The van der Waals surface area contributed by atoms with Gasteiger partial charge in [0.25, 0.3) is 5.91 Å². The van der Waals surface area contributed by atoms with E-state index in [2.05, 4.69) is 10.4 Å². The van der Waals surface area contributed by atoms with Gasteiger partial charge in [-0.1, -0.05) is 12.1 Å². The first kappa shape index (κ1) is 20.5. The van der Waals surface area contributed by atoms with Crippen LogP contribution < -0.4 is 14.8 Å². The van der Waals surface area contributed by atoms with Gasteiger partial charge in [-0.3, -0.25) is 9.48 Å². The number of amides is 1. The zero-order valence-electron chi connectivity index (χ0n) is 17.1. The Labute approximate surface area is 171 Å². The summed E-state index contributed by atoms with van der Waals surface area (Å²) in [5, 5.41) is 7.45. The van der Waals surface area contributed by atoms with Crippen LogP contribution in [0.15, 0.2) is 60.8 Å². The van der Waals surface area contributed by atoms with Crippen molar-refractivity contribution in [3.63, 3.8) is 0 Å². The third-order valence-electron chi connectivity index (χ3n) is 4.51. The second-order valence-electron chi connectivity index (χ2n) is 6.68. The average molecular weight is 393 g/mol. The maximum Gasteiger partial charge on any atom is 0.251 e. The molecule has 1 atom stereocenters. The molecule has 29 heavy (non-hydrogen) atoms. The molecule has 6 nitrogen and oxygen atoms in total. The van der Waals surface area contributed by atoms with Crippen LogP contribution in [-0.2, 0) is 13.2 Å². The summed E-state index contributed by atoms with van der Waals surface area (Å²) in [6.07, 6.45) is 1.91. The summed E-state index contributed by atoms with van der Waals surface area (Å²) in [7, 11) is 0. The van der Waals surface area contributed by atoms with Gasteiger partial charge in [0.2, 0.25) is 0 Å². The molecule has 1 heterocycles. The predicted octanol–water partition coefficient (Wildman–Crippen LogP) is 4.37. The van der Waals surface area contributed by atoms with Crippen LogP contribution in [0, 0.1) is 0 Å². The maximum absolute atomic E-state index is 12.6. The number of nitrogens with one attached hydrogen (secondary N) is 1. The summed E-state index contributed by atoms with van der Waals surface area (Å²) < 4.78 is 13.1. The van der Waals surface area contributed by atoms with Crippen molar-refractivity contribution in [2.75, 3.05) is 6.61 Å². The Morgan fingerprint density at radius 3 is 2.45 bits per heavy atom. The molecule has 1 amide bonds. The number of aryl methyl sites for hydroxylation is 1. The molecule has 0 aliphatic carbocycles. The SMILES string of the molecule is CCOc1ccc(OCc2cccc(C(=O)NC(C)c3ccn(CC)n3)c2)cc1. The smallest absolute Gasteiger partial charge is 0.251 e. The van der Waals surface area contributed by atoms with Gasteiger partial charge in [0, 0.05) is 18.3 Å². The molecule has 1 unspecified atom stereocenters. The fourth-order valence-corrected chi connectivity index (χ4v) is 2.91. The van der Waals surface area contributed by atoms with Crippen LogP contribution in [-0.4, -0.2) is 22.3 Å². The molecule has 6 heteroatoms. The average Bonchev–Trinajstić information content (AvgIpc) is 3.23. The molecule has 3 aromatic rings. The minimum absolute atomic E-state index is 0.133. The van der Waals surface area contributed by atoms with Crippen molar-refractivity contribution < 1.29 is 14.3 Å². The van der Waals surface area contributed by atoms with Crippen LogP contribution >= 0.6 is 0 Å². The number of hydrogen-bond donors (Lipinski definition) is 1. The minimum Gasteiger partial charge on any atom is -0.494 e. The van der Waals surface area contributed by atoms with Gasteiger partial charge in [-0.05, 0) is 68.8 Å². The van der Waals surface area contributed by atoms with E-state index in [1.165, 1.54) is 0 Å². The lowest BCUT2D eigenvalue weighted by atomic mass is 10.1. The number of ether oxygens (including phenoxy) is 2. The minimum atomic E-state index is -0.168. The molecule has 1 N–H and O–H groups in total. The Hall–Kier alpha value is -3.28. The first-order valence-corrected chi connectivity index (χ1v) is 9.87. The van der Waals surface area contributed by atoms with Gasteiger partial charge in [0.15, 0.2) is 0 Å². The highest BCUT2D eigenvalue weighted by atomic mass is 16.5. The van der Waals surface area contributed by atoms with E-state index >= 15 is 0 Å². The maximum atomic E-state index is 12.6. The third kappa shape index (κ3) is 5.60. The fourth-order valence-electron chi connectivity index (χ4n) is 2.91. The van der Waals surface area contributed by atoms with Crippen molar-refractivity contribution in [2.45, 2.75) is 40.0 Å². The molecule has 0 fully saturated rings. The van der Waals surface area contributed by atoms with E-state index in [1.54, 1.807) is 6.07 Å². The number of carbonyl (C=O) groups excluding carboxylic acids is 1. The van der Waals surface area contributed by atoms with Crippen molar-refractivity contribution in [3.05, 3.63) is 77.6 Å². The van der Waals surface area contributed by atoms with Crippen molar-refractivity contribution in [1.29, 1.82) is 0 Å². The summed E-state index contributed by atoms with van der Waals surface area (Å²) in [6.45, 7) is 7.73. The lowest BCUT2D eigenvalue weighted by Crippen LogP contribution is -2.27. The normalized spacial score (nSPS) is 11.7. The first-order chi connectivity index (χ1) is 14.1. The van der Waals surface area contributed by atoms with Gasteiger partial charge in [-0.15, -0.1) is 0 Å². The molecule has 0 spiro atoms. The van der Waals surface area contributed by atoms with Gasteiger partial charge < -0.3 is 14.8 Å². The first-order valence-electron chi connectivity index (χ1n) is 9.87. The Kier molecular flexibility index (Phi) is 6.89. The molecule has 0 aliphatic rings. The molecule has 0 aliphatic heterocycles. The molecular weight excluding hydrogens is 366 g/mol. The molecule has 1 aromatic heterocycles. The van der Waals surface area contributed by atoms with Crippen LogP contribution in [0.25, 0.3) is 0 Å². The van der Waals surface area contributed by atoms with Gasteiger partial charge in [0.05, 0.1) is 18.3 Å². The zero-order valence-corrected chi connectivity index (χ0v) is 17.1. The lowest BCUT2D eigenvalue weighted by molar-refractivity contribution is 0.0939. The van der Waals surface area contributed by atoms with Crippen LogP contribution in [0.5, 0.6) is 11.5 Å². The Morgan fingerprint density at radius 1 is 1.07 bits per heavy atom. The van der Waals surface area contributed by atoms with Gasteiger partial charge in [-0.25, -0.2) is 0 Å². The monoisotopic (exact) mass is 393 g/mol. The molecular formula is C23H27N3O3. The van der Waals surface area contributed by atoms with E-state index in [9.17, 15) is 4.79 Å². The number of nitrogens with zero attached hydrogens (tertiary/aromatic N) is 2. The Balaban J connectivity index is 1.58. The van der Waals surface area contributed by atoms with Gasteiger partial charge >= 0.3 is 0 Å². The molecule has 0 radical (unpaired) electrons. The molecule has 3 rings (SSSR count). The van der Waals surface area contributed by atoms with E-state index in [-0.39, 0.29) is 11.9 Å². The van der Waals surface area contributed by atoms with Crippen molar-refractivity contribution in [2.24, 2.45) is 0 Å². The number of rotatable bonds is 9. The quantitative estimate of drug-likeness (QED) is 0.586. The van der Waals surface area contributed by atoms with Gasteiger partial charge in [0.1, 0.15) is 18.1 Å². The molecule has 2 aromatic carbocycles. The van der Waals surface area contributed by atoms with E-state index in [0.29, 0.717) is 18.8 Å². The molecule has 0 saturated heterocycles. The van der Waals surface area contributed by atoms with Crippen molar-refractivity contribution in [3.8, 4) is 11.5 Å². The number of benzene rings is 2. The molecule has 152 valence electrons. The summed E-state index contributed by atoms with van der Waals surface area (Å²) in [4.78, 5) is 12.6. The molecule has 0 bridgehead atoms. The largest absolute Gasteiger partial charge is 0.494 e. The van der Waals surface area contributed by atoms with Crippen LogP contribution in [0.1, 0.15) is 48.4 Å². The second-order valence-corrected chi connectivity index (χ2v) is 6.68. The van der Waals surface area contributed by atoms with E-state index in [0.717, 1.165) is 29.3 Å². The fraction of sp³-hybridized carbons (Fsp3) is 0.304. The Morgan fingerprint density at radius 2 is 1.79 bits per heavy atom. The summed E-state index contributed by atoms with van der Waals surface area (Å²) in [6, 6.07) is 16.7. The summed E-state index contributed by atoms with van der Waals surface area (Å²) >= 11 is 0. The summed E-state index contributed by atoms with van der Waals surface area (Å²) in [5.41, 5.74) is 2.37. The summed E-state index contributed by atoms with van der Waals surface area (Å²) in [5.74, 6) is 1.44. The standard InChI is InChI=1S/C23H27N3O3/c1-4-26-14-13-22(25-26)17(3)24-23(27)19-8-6-7-18(15-19)16-29-21-11-9-20(10-12-21)28-5-2/h6-15,17H,4-5,16H2,1-3H3,(H,24,27). The highest BCUT2D eigenvalue weighted by molar-refractivity contribution is 5.94. The number of hydrogen-bond acceptors (Lipinski definition) is 4. The molecule has 0 saturated carbocycles. The van der Waals surface area contributed by atoms with Gasteiger partial charge in [-0.2, -0.15) is 5.10 Å². The van der Waals surface area contributed by atoms with E-state index in [1.807, 2.05) is 80.2 Å². The van der Waals surface area contributed by atoms with Crippen LogP contribution in [0.3, 0.4) is 0 Å². The lowest BCUT2D eigenvalue weighted by Gasteiger charge is -2.13. The topological polar surface area (TPSA) is 65.4 Å². The van der Waals surface area contributed by atoms with Crippen LogP contribution in [0.4, 0.5) is 0 Å². The van der Waals surface area contributed by atoms with E-state index in [4.69, 9.17) is 9.47 Å². The van der Waals surface area contributed by atoms with E-state index < -0.39 is 0 Å². The Bertz CT molecular complexity index is 935. The van der Waals surface area contributed by atoms with Crippen LogP contribution in [0.2, 0.25) is 0 Å². The predicted molar refractivity (Wildman–Crippen MR) is 112 cm³/mol. The highest BCUT2D eigenvalue weighted by Crippen LogP contribution is 2.19. The number of carbonyl (C=O) groups is 1. The second kappa shape index (κ2) is 9.78. The van der Waals surface area contributed by atoms with Crippen molar-refractivity contribution >= 4 is 5.91 Å². The number of aromatic nitrogens is 2. The van der Waals surface area contributed by atoms with Crippen molar-refractivity contribution in [1.82, 2.24) is 15.1 Å². The third-order valence-corrected chi connectivity index (χ3v) is 4.51.